The first-order valence-corrected chi connectivity index (χ1v) is 9.78. The van der Waals surface area contributed by atoms with Crippen molar-refractivity contribution >= 4 is 15.8 Å². The van der Waals surface area contributed by atoms with E-state index < -0.39 is 10.0 Å². The zero-order chi connectivity index (χ0) is 19.4. The first-order valence-electron chi connectivity index (χ1n) is 8.34. The summed E-state index contributed by atoms with van der Waals surface area (Å²) in [6.07, 6.45) is 0. The molecule has 146 valence electrons. The zero-order valence-electron chi connectivity index (χ0n) is 15.5. The van der Waals surface area contributed by atoms with E-state index in [0.717, 1.165) is 0 Å². The summed E-state index contributed by atoms with van der Waals surface area (Å²) < 4.78 is 42.5. The van der Waals surface area contributed by atoms with Crippen LogP contribution in [0.3, 0.4) is 0 Å². The molecule has 0 saturated carbocycles. The van der Waals surface area contributed by atoms with Gasteiger partial charge in [-0.05, 0) is 24.3 Å². The average Bonchev–Trinajstić information content (AvgIpc) is 2.73. The van der Waals surface area contributed by atoms with E-state index in [4.69, 9.17) is 14.2 Å². The van der Waals surface area contributed by atoms with Crippen molar-refractivity contribution in [2.45, 2.75) is 4.90 Å². The lowest BCUT2D eigenvalue weighted by Crippen LogP contribution is -2.48. The highest BCUT2D eigenvalue weighted by molar-refractivity contribution is 7.89. The molecule has 1 aromatic carbocycles. The Morgan fingerprint density at radius 1 is 0.889 bits per heavy atom. The van der Waals surface area contributed by atoms with Crippen LogP contribution in [-0.4, -0.2) is 70.2 Å². The maximum Gasteiger partial charge on any atom is 0.321 e. The van der Waals surface area contributed by atoms with Crippen LogP contribution in [0.2, 0.25) is 0 Å². The molecule has 9 nitrogen and oxygen atoms in total. The second kappa shape index (κ2) is 7.97. The van der Waals surface area contributed by atoms with Crippen molar-refractivity contribution in [3.05, 3.63) is 30.3 Å². The van der Waals surface area contributed by atoms with Crippen LogP contribution >= 0.6 is 0 Å². The molecule has 1 fully saturated rings. The fraction of sp³-hybridized carbons (Fsp3) is 0.412. The Kier molecular flexibility index (Phi) is 5.66. The molecule has 10 heteroatoms. The van der Waals surface area contributed by atoms with Crippen LogP contribution in [0.4, 0.5) is 5.82 Å². The molecule has 0 amide bonds. The Morgan fingerprint density at radius 3 is 2.11 bits per heavy atom. The van der Waals surface area contributed by atoms with Crippen LogP contribution < -0.4 is 19.1 Å². The number of rotatable bonds is 6. The number of sulfonamides is 1. The number of hydrogen-bond donors (Lipinski definition) is 0. The normalized spacial score (nSPS) is 15.4. The summed E-state index contributed by atoms with van der Waals surface area (Å²) in [5.74, 6) is 1.65. The van der Waals surface area contributed by atoms with E-state index in [0.29, 0.717) is 43.6 Å². The van der Waals surface area contributed by atoms with Crippen LogP contribution in [0.15, 0.2) is 35.2 Å². The SMILES string of the molecule is COc1ccc(S(=O)(=O)N2CCN(c3cc(OC)nc(OC)n3)CC2)cc1. The van der Waals surface area contributed by atoms with Crippen LogP contribution in [0.25, 0.3) is 0 Å². The zero-order valence-corrected chi connectivity index (χ0v) is 16.3. The third-order valence-electron chi connectivity index (χ3n) is 4.32. The van der Waals surface area contributed by atoms with Crippen LogP contribution in [0.1, 0.15) is 0 Å². The summed E-state index contributed by atoms with van der Waals surface area (Å²) in [5, 5.41) is 0. The van der Waals surface area contributed by atoms with Gasteiger partial charge in [-0.3, -0.25) is 0 Å². The molecule has 3 rings (SSSR count). The minimum Gasteiger partial charge on any atom is -0.497 e. The molecule has 0 N–H and O–H groups in total. The van der Waals surface area contributed by atoms with Crippen molar-refractivity contribution < 1.29 is 22.6 Å². The van der Waals surface area contributed by atoms with Gasteiger partial charge in [-0.1, -0.05) is 0 Å². The molecule has 27 heavy (non-hydrogen) atoms. The number of nitrogens with zero attached hydrogens (tertiary/aromatic N) is 4. The van der Waals surface area contributed by atoms with Gasteiger partial charge in [0, 0.05) is 32.2 Å². The van der Waals surface area contributed by atoms with E-state index in [-0.39, 0.29) is 10.9 Å². The second-order valence-corrected chi connectivity index (χ2v) is 7.76. The van der Waals surface area contributed by atoms with E-state index in [9.17, 15) is 8.42 Å². The van der Waals surface area contributed by atoms with Crippen molar-refractivity contribution in [1.29, 1.82) is 0 Å². The molecule has 0 aliphatic carbocycles. The van der Waals surface area contributed by atoms with Gasteiger partial charge in [0.1, 0.15) is 11.6 Å². The Bertz CT molecular complexity index is 858. The highest BCUT2D eigenvalue weighted by atomic mass is 32.2. The maximum absolute atomic E-state index is 12.8. The van der Waals surface area contributed by atoms with E-state index in [1.54, 1.807) is 37.4 Å². The van der Waals surface area contributed by atoms with Crippen molar-refractivity contribution in [2.24, 2.45) is 0 Å². The topological polar surface area (TPSA) is 94.1 Å². The van der Waals surface area contributed by atoms with Gasteiger partial charge in [-0.25, -0.2) is 8.42 Å². The van der Waals surface area contributed by atoms with Crippen molar-refractivity contribution in [2.75, 3.05) is 52.4 Å². The maximum atomic E-state index is 12.8. The first-order chi connectivity index (χ1) is 13.0. The quantitative estimate of drug-likeness (QED) is 0.717. The predicted octanol–water partition coefficient (Wildman–Crippen LogP) is 1.01. The van der Waals surface area contributed by atoms with Gasteiger partial charge < -0.3 is 19.1 Å². The molecule has 1 aromatic heterocycles. The fourth-order valence-corrected chi connectivity index (χ4v) is 4.23. The predicted molar refractivity (Wildman–Crippen MR) is 99.1 cm³/mol. The molecule has 1 aliphatic heterocycles. The number of aromatic nitrogens is 2. The smallest absolute Gasteiger partial charge is 0.321 e. The summed E-state index contributed by atoms with van der Waals surface area (Å²) in [7, 11) is 0.995. The molecule has 0 radical (unpaired) electrons. The molecule has 2 aromatic rings. The molecule has 0 unspecified atom stereocenters. The third kappa shape index (κ3) is 4.06. The number of methoxy groups -OCH3 is 3. The van der Waals surface area contributed by atoms with E-state index in [1.165, 1.54) is 18.5 Å². The summed E-state index contributed by atoms with van der Waals surface area (Å²) in [6, 6.07) is 8.31. The standard InChI is InChI=1S/C17H22N4O5S/c1-24-13-4-6-14(7-5-13)27(22,23)21-10-8-20(9-11-21)15-12-16(25-2)19-17(18-15)26-3/h4-7,12H,8-11H2,1-3H3. The van der Waals surface area contributed by atoms with Crippen LogP contribution in [-0.2, 0) is 10.0 Å². The summed E-state index contributed by atoms with van der Waals surface area (Å²) >= 11 is 0. The van der Waals surface area contributed by atoms with Crippen LogP contribution in [0.5, 0.6) is 17.6 Å². The number of piperazine rings is 1. The molecular weight excluding hydrogens is 372 g/mol. The molecule has 0 spiro atoms. The van der Waals surface area contributed by atoms with Gasteiger partial charge in [-0.15, -0.1) is 0 Å². The molecule has 2 heterocycles. The summed E-state index contributed by atoms with van der Waals surface area (Å²) in [5.41, 5.74) is 0. The van der Waals surface area contributed by atoms with Crippen molar-refractivity contribution in [3.63, 3.8) is 0 Å². The monoisotopic (exact) mass is 394 g/mol. The third-order valence-corrected chi connectivity index (χ3v) is 6.23. The number of benzene rings is 1. The van der Waals surface area contributed by atoms with Gasteiger partial charge in [0.05, 0.1) is 26.2 Å². The minimum absolute atomic E-state index is 0.206. The Balaban J connectivity index is 1.73. The highest BCUT2D eigenvalue weighted by Gasteiger charge is 2.29. The molecule has 0 bridgehead atoms. The van der Waals surface area contributed by atoms with E-state index in [1.807, 2.05) is 4.90 Å². The first kappa shape index (κ1) is 19.2. The Morgan fingerprint density at radius 2 is 1.56 bits per heavy atom. The van der Waals surface area contributed by atoms with Gasteiger partial charge in [-0.2, -0.15) is 14.3 Å². The lowest BCUT2D eigenvalue weighted by molar-refractivity contribution is 0.349. The summed E-state index contributed by atoms with van der Waals surface area (Å²) in [6.45, 7) is 1.70. The largest absolute Gasteiger partial charge is 0.497 e. The van der Waals surface area contributed by atoms with E-state index >= 15 is 0 Å². The van der Waals surface area contributed by atoms with Crippen molar-refractivity contribution in [3.8, 4) is 17.6 Å². The second-order valence-electron chi connectivity index (χ2n) is 5.82. The lowest BCUT2D eigenvalue weighted by atomic mass is 10.3. The lowest BCUT2D eigenvalue weighted by Gasteiger charge is -2.34. The fourth-order valence-electron chi connectivity index (χ4n) is 2.80. The average molecular weight is 394 g/mol. The van der Waals surface area contributed by atoms with Gasteiger partial charge >= 0.3 is 6.01 Å². The van der Waals surface area contributed by atoms with Gasteiger partial charge in [0.25, 0.3) is 0 Å². The highest BCUT2D eigenvalue weighted by Crippen LogP contribution is 2.24. The van der Waals surface area contributed by atoms with Gasteiger partial charge in [0.2, 0.25) is 15.9 Å². The van der Waals surface area contributed by atoms with E-state index in [2.05, 4.69) is 9.97 Å². The molecular formula is C17H22N4O5S. The number of anilines is 1. The van der Waals surface area contributed by atoms with Crippen molar-refractivity contribution in [1.82, 2.24) is 14.3 Å². The number of hydrogen-bond acceptors (Lipinski definition) is 8. The minimum atomic E-state index is -3.55. The molecule has 1 saturated heterocycles. The summed E-state index contributed by atoms with van der Waals surface area (Å²) in [4.78, 5) is 10.6. The Hall–Kier alpha value is -2.59. The number of ether oxygens (including phenoxy) is 3. The van der Waals surface area contributed by atoms with Crippen LogP contribution in [0, 0.1) is 0 Å². The van der Waals surface area contributed by atoms with Gasteiger partial charge in [0.15, 0.2) is 0 Å². The molecule has 0 atom stereocenters. The molecule has 1 aliphatic rings. The Labute approximate surface area is 158 Å².